The average molecular weight is 423 g/mol. The molecule has 4 heteroatoms. The summed E-state index contributed by atoms with van der Waals surface area (Å²) in [6.45, 7) is 0. The molecule has 0 saturated carbocycles. The molecule has 0 aliphatic rings. The van der Waals surface area contributed by atoms with Gasteiger partial charge < -0.3 is 4.74 Å². The largest absolute Gasteiger partial charge is 0.456 e. The van der Waals surface area contributed by atoms with Crippen molar-refractivity contribution in [2.45, 2.75) is 5.33 Å². The summed E-state index contributed by atoms with van der Waals surface area (Å²) >= 11 is 11.8. The number of hydrogen-bond acceptors (Lipinski definition) is 1. The van der Waals surface area contributed by atoms with Gasteiger partial charge in [0.2, 0.25) is 0 Å². The first-order valence-corrected chi connectivity index (χ1v) is 7.54. The van der Waals surface area contributed by atoms with E-state index in [4.69, 9.17) is 16.3 Å². The molecule has 2 aromatic rings. The maximum atomic E-state index is 6.14. The van der Waals surface area contributed by atoms with E-state index in [-0.39, 0.29) is 0 Å². The lowest BCUT2D eigenvalue weighted by Gasteiger charge is -2.08. The van der Waals surface area contributed by atoms with E-state index in [2.05, 4.69) is 38.5 Å². The molecule has 0 aromatic heterocycles. The van der Waals surface area contributed by atoms with Gasteiger partial charge in [-0.05, 0) is 64.6 Å². The van der Waals surface area contributed by atoms with Crippen LogP contribution in [0, 0.1) is 3.57 Å². The van der Waals surface area contributed by atoms with E-state index in [0.29, 0.717) is 10.8 Å². The normalized spacial score (nSPS) is 10.3. The summed E-state index contributed by atoms with van der Waals surface area (Å²) in [5.41, 5.74) is 1.13. The van der Waals surface area contributed by atoms with Crippen LogP contribution in [0.15, 0.2) is 42.5 Å². The molecule has 0 radical (unpaired) electrons. The van der Waals surface area contributed by atoms with E-state index in [9.17, 15) is 0 Å². The quantitative estimate of drug-likeness (QED) is 0.459. The topological polar surface area (TPSA) is 9.23 Å². The summed E-state index contributed by atoms with van der Waals surface area (Å²) in [7, 11) is 0. The molecule has 17 heavy (non-hydrogen) atoms. The summed E-state index contributed by atoms with van der Waals surface area (Å²) in [6, 6.07) is 13.6. The number of rotatable bonds is 3. The molecule has 0 bridgehead atoms. The molecule has 2 aromatic carbocycles. The fourth-order valence-electron chi connectivity index (χ4n) is 1.34. The Morgan fingerprint density at radius 1 is 1.12 bits per heavy atom. The van der Waals surface area contributed by atoms with Crippen LogP contribution in [-0.4, -0.2) is 0 Å². The highest BCUT2D eigenvalue weighted by Gasteiger charge is 2.04. The Morgan fingerprint density at radius 2 is 1.82 bits per heavy atom. The third kappa shape index (κ3) is 3.60. The first-order chi connectivity index (χ1) is 8.19. The van der Waals surface area contributed by atoms with Crippen molar-refractivity contribution >= 4 is 50.1 Å². The molecule has 1 nitrogen and oxygen atoms in total. The highest BCUT2D eigenvalue weighted by atomic mass is 127. The fourth-order valence-corrected chi connectivity index (χ4v) is 2.29. The average Bonchev–Trinajstić information content (AvgIpc) is 2.34. The van der Waals surface area contributed by atoms with Crippen molar-refractivity contribution in [1.29, 1.82) is 0 Å². The predicted molar refractivity (Wildman–Crippen MR) is 83.3 cm³/mol. The van der Waals surface area contributed by atoms with Crippen molar-refractivity contribution in [3.63, 3.8) is 0 Å². The van der Waals surface area contributed by atoms with Crippen molar-refractivity contribution < 1.29 is 4.74 Å². The minimum absolute atomic E-state index is 0.625. The van der Waals surface area contributed by atoms with Crippen LogP contribution in [0.5, 0.6) is 11.5 Å². The molecule has 0 heterocycles. The Labute approximate surface area is 127 Å². The zero-order valence-corrected chi connectivity index (χ0v) is 13.3. The molecule has 0 spiro atoms. The van der Waals surface area contributed by atoms with E-state index >= 15 is 0 Å². The van der Waals surface area contributed by atoms with E-state index in [1.54, 1.807) is 0 Å². The monoisotopic (exact) mass is 422 g/mol. The maximum Gasteiger partial charge on any atom is 0.146 e. The Bertz CT molecular complexity index is 513. The van der Waals surface area contributed by atoms with Crippen LogP contribution in [0.4, 0.5) is 0 Å². The summed E-state index contributed by atoms with van der Waals surface area (Å²) in [5, 5.41) is 1.41. The van der Waals surface area contributed by atoms with E-state index in [0.717, 1.165) is 16.6 Å². The maximum absolute atomic E-state index is 6.14. The molecule has 0 aliphatic heterocycles. The lowest BCUT2D eigenvalue weighted by molar-refractivity contribution is 0.482. The number of benzene rings is 2. The van der Waals surface area contributed by atoms with E-state index in [1.807, 2.05) is 42.5 Å². The minimum Gasteiger partial charge on any atom is -0.456 e. The lowest BCUT2D eigenvalue weighted by atomic mass is 10.2. The van der Waals surface area contributed by atoms with Crippen LogP contribution in [0.25, 0.3) is 0 Å². The molecule has 88 valence electrons. The molecular formula is C13H9BrClIO. The van der Waals surface area contributed by atoms with E-state index in [1.165, 1.54) is 3.57 Å². The first-order valence-electron chi connectivity index (χ1n) is 4.97. The highest BCUT2D eigenvalue weighted by molar-refractivity contribution is 14.1. The minimum atomic E-state index is 0.625. The van der Waals surface area contributed by atoms with Gasteiger partial charge in [-0.1, -0.05) is 33.6 Å². The van der Waals surface area contributed by atoms with Crippen LogP contribution >= 0.6 is 50.1 Å². The SMILES string of the molecule is Clc1cc(CBr)ccc1Oc1ccc(I)cc1. The molecule has 0 unspecified atom stereocenters. The van der Waals surface area contributed by atoms with Gasteiger partial charge in [-0.15, -0.1) is 0 Å². The molecule has 0 saturated heterocycles. The molecule has 0 aliphatic carbocycles. The zero-order valence-electron chi connectivity index (χ0n) is 8.79. The van der Waals surface area contributed by atoms with Gasteiger partial charge in [0.15, 0.2) is 0 Å². The van der Waals surface area contributed by atoms with Crippen LogP contribution < -0.4 is 4.74 Å². The second kappa shape index (κ2) is 6.07. The zero-order chi connectivity index (χ0) is 12.3. The number of halogens is 3. The smallest absolute Gasteiger partial charge is 0.146 e. The Hall–Kier alpha value is -0.260. The van der Waals surface area contributed by atoms with Gasteiger partial charge in [0.1, 0.15) is 11.5 Å². The van der Waals surface area contributed by atoms with Gasteiger partial charge in [-0.2, -0.15) is 0 Å². The van der Waals surface area contributed by atoms with Gasteiger partial charge >= 0.3 is 0 Å². The summed E-state index contributed by atoms with van der Waals surface area (Å²) in [4.78, 5) is 0. The molecular weight excluding hydrogens is 414 g/mol. The second-order valence-electron chi connectivity index (χ2n) is 3.45. The van der Waals surface area contributed by atoms with Gasteiger partial charge in [0.05, 0.1) is 5.02 Å². The van der Waals surface area contributed by atoms with Crippen LogP contribution in [0.3, 0.4) is 0 Å². The third-order valence-electron chi connectivity index (χ3n) is 2.19. The summed E-state index contributed by atoms with van der Waals surface area (Å²) in [6.07, 6.45) is 0. The second-order valence-corrected chi connectivity index (χ2v) is 5.67. The first kappa shape index (κ1) is 13.2. The van der Waals surface area contributed by atoms with Crippen LogP contribution in [0.1, 0.15) is 5.56 Å². The van der Waals surface area contributed by atoms with Crippen LogP contribution in [-0.2, 0) is 5.33 Å². The van der Waals surface area contributed by atoms with Crippen molar-refractivity contribution in [1.82, 2.24) is 0 Å². The van der Waals surface area contributed by atoms with Gasteiger partial charge in [-0.3, -0.25) is 0 Å². The number of alkyl halides is 1. The van der Waals surface area contributed by atoms with Gasteiger partial charge in [0.25, 0.3) is 0 Å². The molecule has 0 amide bonds. The summed E-state index contributed by atoms with van der Waals surface area (Å²) < 4.78 is 6.89. The van der Waals surface area contributed by atoms with Crippen LogP contribution in [0.2, 0.25) is 5.02 Å². The van der Waals surface area contributed by atoms with Crippen molar-refractivity contribution in [3.05, 3.63) is 56.6 Å². The number of ether oxygens (including phenoxy) is 1. The van der Waals surface area contributed by atoms with Gasteiger partial charge in [-0.25, -0.2) is 0 Å². The fraction of sp³-hybridized carbons (Fsp3) is 0.0769. The standard InChI is InChI=1S/C13H9BrClIO/c14-8-9-1-6-13(12(15)7-9)17-11-4-2-10(16)3-5-11/h1-7H,8H2. The van der Waals surface area contributed by atoms with Crippen molar-refractivity contribution in [2.75, 3.05) is 0 Å². The molecule has 2 rings (SSSR count). The Morgan fingerprint density at radius 3 is 2.41 bits per heavy atom. The third-order valence-corrected chi connectivity index (χ3v) is 3.85. The van der Waals surface area contributed by atoms with Crippen molar-refractivity contribution in [3.8, 4) is 11.5 Å². The summed E-state index contributed by atoms with van der Waals surface area (Å²) in [5.74, 6) is 1.47. The molecule has 0 N–H and O–H groups in total. The Kier molecular flexibility index (Phi) is 4.70. The molecule has 0 atom stereocenters. The predicted octanol–water partition coefficient (Wildman–Crippen LogP) is 5.63. The lowest BCUT2D eigenvalue weighted by Crippen LogP contribution is -1.87. The van der Waals surface area contributed by atoms with E-state index < -0.39 is 0 Å². The molecule has 0 fully saturated rings. The number of hydrogen-bond donors (Lipinski definition) is 0. The Balaban J connectivity index is 2.21. The van der Waals surface area contributed by atoms with Crippen molar-refractivity contribution in [2.24, 2.45) is 0 Å². The highest BCUT2D eigenvalue weighted by Crippen LogP contribution is 2.30. The van der Waals surface area contributed by atoms with Gasteiger partial charge in [0, 0.05) is 8.90 Å².